The summed E-state index contributed by atoms with van der Waals surface area (Å²) >= 11 is 5.61. The van der Waals surface area contributed by atoms with Crippen molar-refractivity contribution in [1.29, 1.82) is 0 Å². The zero-order valence-corrected chi connectivity index (χ0v) is 10.7. The molecule has 0 fully saturated rings. The van der Waals surface area contributed by atoms with Crippen LogP contribution in [0.4, 0.5) is 20.2 Å². The maximum atomic E-state index is 13.5. The van der Waals surface area contributed by atoms with E-state index < -0.39 is 22.2 Å². The van der Waals surface area contributed by atoms with Crippen LogP contribution in [-0.4, -0.2) is 9.91 Å². The molecule has 1 aromatic carbocycles. The Morgan fingerprint density at radius 2 is 2.05 bits per heavy atom. The Morgan fingerprint density at radius 3 is 2.65 bits per heavy atom. The van der Waals surface area contributed by atoms with E-state index in [4.69, 9.17) is 11.6 Å². The Kier molecular flexibility index (Phi) is 4.09. The van der Waals surface area contributed by atoms with Crippen molar-refractivity contribution in [1.82, 2.24) is 4.98 Å². The monoisotopic (exact) mass is 299 g/mol. The van der Waals surface area contributed by atoms with E-state index in [2.05, 4.69) is 10.3 Å². The second-order valence-corrected chi connectivity index (χ2v) is 4.26. The standard InChI is InChI=1S/C12H8ClF2N3O2/c13-12-2-1-8(6-17-12)16-5-7-3-11(18(19)20)10(15)4-9(7)14/h1-4,6,16H,5H2. The van der Waals surface area contributed by atoms with Crippen LogP contribution in [-0.2, 0) is 6.54 Å². The van der Waals surface area contributed by atoms with E-state index in [1.165, 1.54) is 12.3 Å². The number of nitrogens with zero attached hydrogens (tertiary/aromatic N) is 2. The van der Waals surface area contributed by atoms with Crippen molar-refractivity contribution in [2.24, 2.45) is 0 Å². The molecule has 0 radical (unpaired) electrons. The number of anilines is 1. The maximum Gasteiger partial charge on any atom is 0.305 e. The first-order valence-electron chi connectivity index (χ1n) is 5.45. The highest BCUT2D eigenvalue weighted by atomic mass is 35.5. The van der Waals surface area contributed by atoms with Gasteiger partial charge in [0.15, 0.2) is 0 Å². The molecular formula is C12H8ClF2N3O2. The Hall–Kier alpha value is -2.28. The summed E-state index contributed by atoms with van der Waals surface area (Å²) in [6, 6.07) is 4.51. The van der Waals surface area contributed by atoms with Crippen LogP contribution >= 0.6 is 11.6 Å². The highest BCUT2D eigenvalue weighted by Crippen LogP contribution is 2.22. The number of halogens is 3. The number of aromatic nitrogens is 1. The van der Waals surface area contributed by atoms with Gasteiger partial charge in [0, 0.05) is 24.2 Å². The molecule has 0 spiro atoms. The summed E-state index contributed by atoms with van der Waals surface area (Å²) in [5.41, 5.74) is -0.230. The van der Waals surface area contributed by atoms with Crippen LogP contribution in [0.1, 0.15) is 5.56 Å². The predicted molar refractivity (Wildman–Crippen MR) is 69.6 cm³/mol. The van der Waals surface area contributed by atoms with Crippen LogP contribution < -0.4 is 5.32 Å². The van der Waals surface area contributed by atoms with Crippen molar-refractivity contribution < 1.29 is 13.7 Å². The minimum absolute atomic E-state index is 0.0203. The molecule has 0 aliphatic heterocycles. The van der Waals surface area contributed by atoms with Gasteiger partial charge < -0.3 is 5.32 Å². The fraction of sp³-hybridized carbons (Fsp3) is 0.0833. The van der Waals surface area contributed by atoms with E-state index in [9.17, 15) is 18.9 Å². The average molecular weight is 300 g/mol. The number of hydrogen-bond acceptors (Lipinski definition) is 4. The fourth-order valence-corrected chi connectivity index (χ4v) is 1.65. The van der Waals surface area contributed by atoms with Gasteiger partial charge in [-0.2, -0.15) is 4.39 Å². The third kappa shape index (κ3) is 3.18. The van der Waals surface area contributed by atoms with Gasteiger partial charge in [0.05, 0.1) is 16.8 Å². The molecule has 1 heterocycles. The number of pyridine rings is 1. The van der Waals surface area contributed by atoms with E-state index in [1.807, 2.05) is 0 Å². The zero-order chi connectivity index (χ0) is 14.7. The molecule has 104 valence electrons. The van der Waals surface area contributed by atoms with E-state index in [0.29, 0.717) is 16.9 Å². The molecule has 0 unspecified atom stereocenters. The first-order chi connectivity index (χ1) is 9.47. The van der Waals surface area contributed by atoms with Crippen molar-refractivity contribution in [3.8, 4) is 0 Å². The lowest BCUT2D eigenvalue weighted by molar-refractivity contribution is -0.387. The smallest absolute Gasteiger partial charge is 0.305 e. The molecule has 0 bridgehead atoms. The SMILES string of the molecule is O=[N+]([O-])c1cc(CNc2ccc(Cl)nc2)c(F)cc1F. The van der Waals surface area contributed by atoms with E-state index >= 15 is 0 Å². The molecule has 8 heteroatoms. The topological polar surface area (TPSA) is 68.1 Å². The lowest BCUT2D eigenvalue weighted by Gasteiger charge is -2.07. The van der Waals surface area contributed by atoms with Crippen molar-refractivity contribution in [2.45, 2.75) is 6.54 Å². The lowest BCUT2D eigenvalue weighted by atomic mass is 10.1. The second kappa shape index (κ2) is 5.79. The Bertz CT molecular complexity index is 650. The molecule has 0 aliphatic rings. The van der Waals surface area contributed by atoms with Crippen LogP contribution in [0, 0.1) is 21.7 Å². The first-order valence-corrected chi connectivity index (χ1v) is 5.83. The quantitative estimate of drug-likeness (QED) is 0.533. The maximum absolute atomic E-state index is 13.5. The molecule has 0 atom stereocenters. The number of benzene rings is 1. The van der Waals surface area contributed by atoms with Gasteiger partial charge in [-0.05, 0) is 12.1 Å². The summed E-state index contributed by atoms with van der Waals surface area (Å²) in [5, 5.41) is 13.7. The molecule has 0 saturated heterocycles. The summed E-state index contributed by atoms with van der Waals surface area (Å²) in [4.78, 5) is 13.5. The summed E-state index contributed by atoms with van der Waals surface area (Å²) in [5.74, 6) is -2.06. The summed E-state index contributed by atoms with van der Waals surface area (Å²) in [6.07, 6.45) is 1.43. The largest absolute Gasteiger partial charge is 0.380 e. The normalized spacial score (nSPS) is 10.3. The van der Waals surface area contributed by atoms with Gasteiger partial charge in [-0.3, -0.25) is 10.1 Å². The van der Waals surface area contributed by atoms with Gasteiger partial charge in [0.2, 0.25) is 5.82 Å². The summed E-state index contributed by atoms with van der Waals surface area (Å²) in [7, 11) is 0. The first kappa shape index (κ1) is 14.1. The van der Waals surface area contributed by atoms with Gasteiger partial charge in [0.1, 0.15) is 11.0 Å². The number of nitrogens with one attached hydrogen (secondary N) is 1. The zero-order valence-electron chi connectivity index (χ0n) is 9.94. The molecular weight excluding hydrogens is 292 g/mol. The van der Waals surface area contributed by atoms with E-state index in [0.717, 1.165) is 6.07 Å². The summed E-state index contributed by atoms with van der Waals surface area (Å²) < 4.78 is 26.7. The predicted octanol–water partition coefficient (Wildman–Crippen LogP) is 3.53. The van der Waals surface area contributed by atoms with Crippen LogP contribution in [0.3, 0.4) is 0 Å². The van der Waals surface area contributed by atoms with Gasteiger partial charge in [-0.15, -0.1) is 0 Å². The highest BCUT2D eigenvalue weighted by molar-refractivity contribution is 6.29. The lowest BCUT2D eigenvalue weighted by Crippen LogP contribution is -2.04. The van der Waals surface area contributed by atoms with Gasteiger partial charge in [-0.1, -0.05) is 11.6 Å². The third-order valence-electron chi connectivity index (χ3n) is 2.52. The molecule has 0 saturated carbocycles. The van der Waals surface area contributed by atoms with Crippen LogP contribution in [0.5, 0.6) is 0 Å². The van der Waals surface area contributed by atoms with Crippen LogP contribution in [0.25, 0.3) is 0 Å². The fourth-order valence-electron chi connectivity index (χ4n) is 1.53. The number of nitro groups is 1. The Morgan fingerprint density at radius 1 is 1.30 bits per heavy atom. The van der Waals surface area contributed by atoms with Gasteiger partial charge in [0.25, 0.3) is 0 Å². The minimum atomic E-state index is -1.20. The van der Waals surface area contributed by atoms with E-state index in [-0.39, 0.29) is 12.1 Å². The van der Waals surface area contributed by atoms with Crippen molar-refractivity contribution >= 4 is 23.0 Å². The van der Waals surface area contributed by atoms with Crippen molar-refractivity contribution in [2.75, 3.05) is 5.32 Å². The average Bonchev–Trinajstić information content (AvgIpc) is 2.39. The molecule has 5 nitrogen and oxygen atoms in total. The number of rotatable bonds is 4. The summed E-state index contributed by atoms with van der Waals surface area (Å²) in [6.45, 7) is -0.0454. The van der Waals surface area contributed by atoms with E-state index in [1.54, 1.807) is 6.07 Å². The number of hydrogen-bond donors (Lipinski definition) is 1. The molecule has 1 N–H and O–H groups in total. The third-order valence-corrected chi connectivity index (χ3v) is 2.75. The molecule has 0 amide bonds. The van der Waals surface area contributed by atoms with Gasteiger partial charge >= 0.3 is 5.69 Å². The number of nitro benzene ring substituents is 1. The minimum Gasteiger partial charge on any atom is -0.380 e. The van der Waals surface area contributed by atoms with Crippen LogP contribution in [0.15, 0.2) is 30.5 Å². The highest BCUT2D eigenvalue weighted by Gasteiger charge is 2.18. The molecule has 1 aromatic heterocycles. The Labute approximate surface area is 117 Å². The molecule has 2 rings (SSSR count). The second-order valence-electron chi connectivity index (χ2n) is 3.88. The van der Waals surface area contributed by atoms with Gasteiger partial charge in [-0.25, -0.2) is 9.37 Å². The molecule has 0 aliphatic carbocycles. The molecule has 20 heavy (non-hydrogen) atoms. The molecule has 2 aromatic rings. The van der Waals surface area contributed by atoms with Crippen LogP contribution in [0.2, 0.25) is 5.15 Å². The van der Waals surface area contributed by atoms with Crippen molar-refractivity contribution in [3.63, 3.8) is 0 Å². The van der Waals surface area contributed by atoms with Crippen molar-refractivity contribution in [3.05, 3.63) is 62.9 Å². The Balaban J connectivity index is 2.18.